The average molecular weight is 642 g/mol. The molecule has 12 N–H and O–H groups in total. The van der Waals surface area contributed by atoms with Crippen LogP contribution in [0, 0.1) is 0 Å². The van der Waals surface area contributed by atoms with Crippen LogP contribution in [-0.2, 0) is 37.3 Å². The van der Waals surface area contributed by atoms with Gasteiger partial charge in [0.15, 0.2) is 18.9 Å². The maximum Gasteiger partial charge on any atom is 0.473 e. The van der Waals surface area contributed by atoms with Crippen molar-refractivity contribution < 1.29 is 98.4 Å². The molecule has 0 amide bonds. The van der Waals surface area contributed by atoms with Crippen molar-refractivity contribution in [2.75, 3.05) is 26.4 Å². The van der Waals surface area contributed by atoms with Gasteiger partial charge < -0.3 is 84.7 Å². The normalized spacial score (nSPS) is 46.5. The molecule has 21 heteroatoms. The van der Waals surface area contributed by atoms with Crippen LogP contribution in [0.1, 0.15) is 6.92 Å². The van der Waals surface area contributed by atoms with Crippen LogP contribution in [0.15, 0.2) is 0 Å². The number of ether oxygens (including phenoxy) is 5. The molecule has 248 valence electrons. The highest BCUT2D eigenvalue weighted by Crippen LogP contribution is 2.49. The lowest BCUT2D eigenvalue weighted by Crippen LogP contribution is -2.66. The summed E-state index contributed by atoms with van der Waals surface area (Å²) in [5.41, 5.74) is 0. The molecule has 42 heavy (non-hydrogen) atoms. The summed E-state index contributed by atoms with van der Waals surface area (Å²) in [5, 5.41) is 110. The predicted molar refractivity (Wildman–Crippen MR) is 128 cm³/mol. The molecule has 3 heterocycles. The number of hydrogen-bond acceptors (Lipinski definition) is 19. The van der Waals surface area contributed by atoms with E-state index in [1.807, 2.05) is 0 Å². The van der Waals surface area contributed by atoms with Crippen LogP contribution in [-0.4, -0.2) is 186 Å². The molecule has 16 atom stereocenters. The Bertz CT molecular complexity index is 879. The van der Waals surface area contributed by atoms with Gasteiger partial charge in [-0.15, -0.1) is 0 Å². The Morgan fingerprint density at radius 2 is 1.21 bits per heavy atom. The van der Waals surface area contributed by atoms with Gasteiger partial charge in [-0.2, -0.15) is 0 Å². The molecule has 0 aromatic rings. The monoisotopic (exact) mass is 642 g/mol. The van der Waals surface area contributed by atoms with Crippen molar-refractivity contribution in [1.82, 2.24) is 0 Å². The van der Waals surface area contributed by atoms with E-state index in [4.69, 9.17) is 32.7 Å². The van der Waals surface area contributed by atoms with Crippen molar-refractivity contribution in [3.8, 4) is 0 Å². The van der Waals surface area contributed by atoms with Gasteiger partial charge in [-0.3, -0.25) is 9.05 Å². The average Bonchev–Trinajstić information content (AvgIpc) is 2.95. The van der Waals surface area contributed by atoms with Gasteiger partial charge >= 0.3 is 7.82 Å². The molecule has 0 saturated carbocycles. The molecule has 0 aromatic carbocycles. The fourth-order valence-corrected chi connectivity index (χ4v) is 5.74. The highest BCUT2D eigenvalue weighted by Gasteiger charge is 2.55. The molecule has 0 aromatic heterocycles. The third-order valence-electron chi connectivity index (χ3n) is 6.97. The van der Waals surface area contributed by atoms with Crippen LogP contribution in [0.4, 0.5) is 0 Å². The van der Waals surface area contributed by atoms with Crippen LogP contribution in [0.2, 0.25) is 0 Å². The van der Waals surface area contributed by atoms with Crippen LogP contribution in [0.5, 0.6) is 0 Å². The molecule has 3 aliphatic heterocycles. The van der Waals surface area contributed by atoms with Gasteiger partial charge in [-0.1, -0.05) is 0 Å². The third kappa shape index (κ3) is 8.00. The van der Waals surface area contributed by atoms with Crippen LogP contribution in [0.25, 0.3) is 0 Å². The van der Waals surface area contributed by atoms with E-state index in [0.717, 1.165) is 0 Å². The second-order valence-corrected chi connectivity index (χ2v) is 11.3. The van der Waals surface area contributed by atoms with Crippen molar-refractivity contribution in [2.45, 2.75) is 105 Å². The Balaban J connectivity index is 1.92. The van der Waals surface area contributed by atoms with Gasteiger partial charge in [0.2, 0.25) is 0 Å². The quantitative estimate of drug-likeness (QED) is 0.0880. The second kappa shape index (κ2) is 15.2. The maximum atomic E-state index is 12.8. The van der Waals surface area contributed by atoms with Gasteiger partial charge in [-0.05, 0) is 6.92 Å². The van der Waals surface area contributed by atoms with Gasteiger partial charge in [0.25, 0.3) is 0 Å². The lowest BCUT2D eigenvalue weighted by atomic mass is 9.96. The Kier molecular flexibility index (Phi) is 13.0. The number of rotatable bonds is 12. The molecule has 3 rings (SSSR count). The lowest BCUT2D eigenvalue weighted by molar-refractivity contribution is -0.374. The summed E-state index contributed by atoms with van der Waals surface area (Å²) in [6, 6.07) is 0. The smallest absolute Gasteiger partial charge is 0.394 e. The van der Waals surface area contributed by atoms with Crippen LogP contribution in [0.3, 0.4) is 0 Å². The first-order valence-electron chi connectivity index (χ1n) is 12.9. The van der Waals surface area contributed by atoms with Crippen molar-refractivity contribution in [1.29, 1.82) is 0 Å². The minimum atomic E-state index is -5.31. The van der Waals surface area contributed by atoms with Crippen LogP contribution >= 0.6 is 7.82 Å². The van der Waals surface area contributed by atoms with E-state index in [2.05, 4.69) is 0 Å². The van der Waals surface area contributed by atoms with E-state index in [1.54, 1.807) is 0 Å². The van der Waals surface area contributed by atoms with E-state index in [0.29, 0.717) is 0 Å². The first kappa shape index (κ1) is 35.9. The first-order valence-corrected chi connectivity index (χ1v) is 14.4. The summed E-state index contributed by atoms with van der Waals surface area (Å²) in [6.45, 7) is -2.35. The molecule has 1 unspecified atom stereocenters. The minimum absolute atomic E-state index is 0.845. The fourth-order valence-electron chi connectivity index (χ4n) is 4.63. The molecular weight excluding hydrogens is 603 g/mol. The third-order valence-corrected chi connectivity index (χ3v) is 8.04. The lowest BCUT2D eigenvalue weighted by Gasteiger charge is -2.48. The molecular formula is C21H39O20P. The van der Waals surface area contributed by atoms with Gasteiger partial charge in [0.1, 0.15) is 73.2 Å². The van der Waals surface area contributed by atoms with E-state index in [1.165, 1.54) is 6.92 Å². The Hall–Kier alpha value is -0.530. The number of phosphoric ester groups is 1. The molecule has 20 nitrogen and oxygen atoms in total. The minimum Gasteiger partial charge on any atom is -0.394 e. The molecule has 3 aliphatic rings. The summed E-state index contributed by atoms with van der Waals surface area (Å²) in [7, 11) is -5.31. The summed E-state index contributed by atoms with van der Waals surface area (Å²) in [4.78, 5) is 10.3. The highest BCUT2D eigenvalue weighted by atomic mass is 31.2. The van der Waals surface area contributed by atoms with Gasteiger partial charge in [0.05, 0.1) is 32.5 Å². The topological polar surface area (TPSA) is 324 Å². The maximum absolute atomic E-state index is 12.8. The van der Waals surface area contributed by atoms with Gasteiger partial charge in [0, 0.05) is 0 Å². The SMILES string of the molecule is C[C@@H]1O[C@H](O)[C@H](O)[C@H](O)[C@H]1O[C@@H]1O[C@H](CO)[C@H](O[C@@H]2O[C@H](CO)[C@@H](O)[C@H](O)[C@H]2O)[C@H](OP(=O)(O)OC(CO)CO)[C@H]1O. The number of hydrogen-bond donors (Lipinski definition) is 12. The zero-order valence-corrected chi connectivity index (χ0v) is 23.0. The van der Waals surface area contributed by atoms with Crippen LogP contribution < -0.4 is 0 Å². The second-order valence-electron chi connectivity index (χ2n) is 9.96. The summed E-state index contributed by atoms with van der Waals surface area (Å²) < 4.78 is 49.6. The summed E-state index contributed by atoms with van der Waals surface area (Å²) in [5.74, 6) is 0. The van der Waals surface area contributed by atoms with Crippen molar-refractivity contribution in [3.05, 3.63) is 0 Å². The molecule has 0 bridgehead atoms. The van der Waals surface area contributed by atoms with Gasteiger partial charge in [-0.25, -0.2) is 4.57 Å². The Morgan fingerprint density at radius 3 is 1.79 bits per heavy atom. The largest absolute Gasteiger partial charge is 0.473 e. The highest BCUT2D eigenvalue weighted by molar-refractivity contribution is 7.47. The standard InChI is InChI=1S/C21H39O20P/c1-6-16(12(28)13(29)19(32)35-6)38-21-15(31)18(41-42(33,34)40-7(2-22)3-23)17(9(5-25)37-21)39-20-14(30)11(27)10(26)8(4-24)36-20/h6-32H,2-5H2,1H3,(H,33,34)/t6-,8+,9+,10+,11-,12-,13+,14+,15+,16-,17-,18+,19-,20-,21-/m0/s1. The summed E-state index contributed by atoms with van der Waals surface area (Å²) >= 11 is 0. The van der Waals surface area contributed by atoms with Crippen molar-refractivity contribution in [3.63, 3.8) is 0 Å². The zero-order valence-electron chi connectivity index (χ0n) is 22.1. The fraction of sp³-hybridized carbons (Fsp3) is 1.00. The molecule has 0 spiro atoms. The van der Waals surface area contributed by atoms with E-state index in [9.17, 15) is 65.6 Å². The van der Waals surface area contributed by atoms with E-state index < -0.39 is 132 Å². The molecule has 3 saturated heterocycles. The Morgan fingerprint density at radius 1 is 0.667 bits per heavy atom. The number of aliphatic hydroxyl groups excluding tert-OH is 11. The van der Waals surface area contributed by atoms with Crippen molar-refractivity contribution >= 4 is 7.82 Å². The number of phosphoric acid groups is 1. The van der Waals surface area contributed by atoms with E-state index >= 15 is 0 Å². The number of aliphatic hydroxyl groups is 11. The first-order chi connectivity index (χ1) is 19.7. The molecule has 0 aliphatic carbocycles. The summed E-state index contributed by atoms with van der Waals surface area (Å²) in [6.07, 6.45) is -28.4. The van der Waals surface area contributed by atoms with Crippen molar-refractivity contribution in [2.24, 2.45) is 0 Å². The Labute approximate surface area is 238 Å². The molecule has 3 fully saturated rings. The zero-order chi connectivity index (χ0) is 31.5. The predicted octanol–water partition coefficient (Wildman–Crippen LogP) is -7.05. The molecule has 0 radical (unpaired) electrons. The van der Waals surface area contributed by atoms with E-state index in [-0.39, 0.29) is 0 Å².